The Morgan fingerprint density at radius 3 is 2.95 bits per heavy atom. The lowest BCUT2D eigenvalue weighted by atomic mass is 10.1. The average molecular weight is 398 g/mol. The van der Waals surface area contributed by atoms with Crippen molar-refractivity contribution in [2.24, 2.45) is 0 Å². The van der Waals surface area contributed by atoms with Crippen molar-refractivity contribution in [3.05, 3.63) is 56.7 Å². The largest absolute Gasteiger partial charge is 0.488 e. The highest BCUT2D eigenvalue weighted by Gasteiger charge is 2.21. The van der Waals surface area contributed by atoms with Crippen LogP contribution in [0.1, 0.15) is 11.3 Å². The number of hydrogen-bond donors (Lipinski definition) is 1. The second-order valence-corrected chi connectivity index (χ2v) is 6.53. The van der Waals surface area contributed by atoms with Gasteiger partial charge in [0.25, 0.3) is 0 Å². The predicted molar refractivity (Wildman–Crippen MR) is 85.9 cm³/mol. The molecule has 5 heteroatoms. The predicted octanol–water partition coefficient (Wildman–Crippen LogP) is 3.70. The van der Waals surface area contributed by atoms with E-state index in [4.69, 9.17) is 4.74 Å². The molecule has 0 spiro atoms. The van der Waals surface area contributed by atoms with Crippen LogP contribution >= 0.6 is 31.9 Å². The molecule has 0 aliphatic carbocycles. The maximum absolute atomic E-state index is 5.89. The maximum atomic E-state index is 5.89. The minimum Gasteiger partial charge on any atom is -0.488 e. The molecule has 2 heterocycles. The zero-order chi connectivity index (χ0) is 13.9. The molecule has 104 valence electrons. The zero-order valence-electron chi connectivity index (χ0n) is 10.8. The molecular weight excluding hydrogens is 384 g/mol. The number of hydrogen-bond acceptors (Lipinski definition) is 3. The summed E-state index contributed by atoms with van der Waals surface area (Å²) >= 11 is 6.92. The lowest BCUT2D eigenvalue weighted by molar-refractivity contribution is 0.227. The molecule has 1 aromatic heterocycles. The van der Waals surface area contributed by atoms with E-state index in [2.05, 4.69) is 54.3 Å². The van der Waals surface area contributed by atoms with Crippen LogP contribution in [0.2, 0.25) is 0 Å². The first-order valence-electron chi connectivity index (χ1n) is 6.47. The van der Waals surface area contributed by atoms with Crippen molar-refractivity contribution in [1.29, 1.82) is 0 Å². The van der Waals surface area contributed by atoms with Crippen molar-refractivity contribution in [2.45, 2.75) is 19.1 Å². The molecule has 0 radical (unpaired) electrons. The number of aromatic nitrogens is 1. The van der Waals surface area contributed by atoms with Gasteiger partial charge in [0, 0.05) is 34.7 Å². The van der Waals surface area contributed by atoms with Crippen molar-refractivity contribution in [3.63, 3.8) is 0 Å². The third kappa shape index (κ3) is 3.22. The van der Waals surface area contributed by atoms with Crippen LogP contribution in [0.3, 0.4) is 0 Å². The zero-order valence-corrected chi connectivity index (χ0v) is 13.9. The van der Waals surface area contributed by atoms with Gasteiger partial charge in [-0.15, -0.1) is 0 Å². The van der Waals surface area contributed by atoms with Gasteiger partial charge in [-0.25, -0.2) is 0 Å². The molecule has 1 aromatic carbocycles. The third-order valence-electron chi connectivity index (χ3n) is 3.26. The van der Waals surface area contributed by atoms with E-state index in [1.165, 1.54) is 5.56 Å². The SMILES string of the molecule is Brc1cnc(CNCC2Cc3ccccc3O2)c(Br)c1. The van der Waals surface area contributed by atoms with Crippen LogP contribution in [0.5, 0.6) is 5.75 Å². The fourth-order valence-corrected chi connectivity index (χ4v) is 3.42. The van der Waals surface area contributed by atoms with Gasteiger partial charge >= 0.3 is 0 Å². The minimum absolute atomic E-state index is 0.210. The Morgan fingerprint density at radius 2 is 2.15 bits per heavy atom. The molecular formula is C15H14Br2N2O. The number of halogens is 2. The van der Waals surface area contributed by atoms with E-state index in [9.17, 15) is 0 Å². The topological polar surface area (TPSA) is 34.2 Å². The molecule has 0 fully saturated rings. The maximum Gasteiger partial charge on any atom is 0.123 e. The highest BCUT2D eigenvalue weighted by Crippen LogP contribution is 2.27. The van der Waals surface area contributed by atoms with Crippen molar-refractivity contribution in [3.8, 4) is 5.75 Å². The number of nitrogens with zero attached hydrogens (tertiary/aromatic N) is 1. The Bertz CT molecular complexity index is 594. The second kappa shape index (κ2) is 6.24. The summed E-state index contributed by atoms with van der Waals surface area (Å²) in [6, 6.07) is 10.2. The Hall–Kier alpha value is -0.910. The normalized spacial score (nSPS) is 16.8. The Morgan fingerprint density at radius 1 is 1.30 bits per heavy atom. The van der Waals surface area contributed by atoms with Crippen molar-refractivity contribution < 1.29 is 4.74 Å². The lowest BCUT2D eigenvalue weighted by Crippen LogP contribution is -2.30. The summed E-state index contributed by atoms with van der Waals surface area (Å²) in [6.45, 7) is 1.54. The summed E-state index contributed by atoms with van der Waals surface area (Å²) < 4.78 is 7.88. The van der Waals surface area contributed by atoms with Gasteiger partial charge in [0.05, 0.1) is 5.69 Å². The first-order valence-corrected chi connectivity index (χ1v) is 8.06. The smallest absolute Gasteiger partial charge is 0.123 e. The summed E-state index contributed by atoms with van der Waals surface area (Å²) in [5.74, 6) is 1.02. The molecule has 0 saturated carbocycles. The monoisotopic (exact) mass is 396 g/mol. The number of pyridine rings is 1. The van der Waals surface area contributed by atoms with Crippen molar-refractivity contribution in [2.75, 3.05) is 6.54 Å². The van der Waals surface area contributed by atoms with Crippen LogP contribution < -0.4 is 10.1 Å². The fourth-order valence-electron chi connectivity index (χ4n) is 2.29. The molecule has 1 atom stereocenters. The first-order chi connectivity index (χ1) is 9.72. The molecule has 1 unspecified atom stereocenters. The summed E-state index contributed by atoms with van der Waals surface area (Å²) in [5, 5.41) is 3.41. The van der Waals surface area contributed by atoms with Gasteiger partial charge in [-0.3, -0.25) is 4.98 Å². The van der Waals surface area contributed by atoms with Gasteiger partial charge in [0.1, 0.15) is 11.9 Å². The first kappa shape index (κ1) is 14.0. The van der Waals surface area contributed by atoms with Crippen LogP contribution in [0.15, 0.2) is 45.5 Å². The van der Waals surface area contributed by atoms with Crippen LogP contribution in [-0.4, -0.2) is 17.6 Å². The Balaban J connectivity index is 1.52. The van der Waals surface area contributed by atoms with Crippen LogP contribution in [0.25, 0.3) is 0 Å². The molecule has 0 amide bonds. The Labute approximate surface area is 135 Å². The molecule has 1 N–H and O–H groups in total. The molecule has 1 aliphatic heterocycles. The fraction of sp³-hybridized carbons (Fsp3) is 0.267. The van der Waals surface area contributed by atoms with Gasteiger partial charge < -0.3 is 10.1 Å². The number of benzene rings is 1. The molecule has 3 nitrogen and oxygen atoms in total. The summed E-state index contributed by atoms with van der Waals surface area (Å²) in [4.78, 5) is 4.38. The van der Waals surface area contributed by atoms with E-state index in [1.807, 2.05) is 24.4 Å². The lowest BCUT2D eigenvalue weighted by Gasteiger charge is -2.12. The Kier molecular flexibility index (Phi) is 4.38. The second-order valence-electron chi connectivity index (χ2n) is 4.76. The van der Waals surface area contributed by atoms with Gasteiger partial charge in [0.2, 0.25) is 0 Å². The number of para-hydroxylation sites is 1. The van der Waals surface area contributed by atoms with Gasteiger partial charge in [0.15, 0.2) is 0 Å². The van der Waals surface area contributed by atoms with Crippen molar-refractivity contribution >= 4 is 31.9 Å². The summed E-state index contributed by atoms with van der Waals surface area (Å²) in [7, 11) is 0. The highest BCUT2D eigenvalue weighted by molar-refractivity contribution is 9.11. The van der Waals surface area contributed by atoms with Gasteiger partial charge in [-0.1, -0.05) is 18.2 Å². The van der Waals surface area contributed by atoms with Crippen molar-refractivity contribution in [1.82, 2.24) is 10.3 Å². The van der Waals surface area contributed by atoms with Gasteiger partial charge in [-0.2, -0.15) is 0 Å². The van der Waals surface area contributed by atoms with E-state index in [0.717, 1.165) is 39.9 Å². The number of fused-ring (bicyclic) bond motifs is 1. The molecule has 1 aliphatic rings. The van der Waals surface area contributed by atoms with E-state index in [0.29, 0.717) is 0 Å². The van der Waals surface area contributed by atoms with Crippen LogP contribution in [0.4, 0.5) is 0 Å². The summed E-state index contributed by atoms with van der Waals surface area (Å²) in [6.07, 6.45) is 2.99. The highest BCUT2D eigenvalue weighted by atomic mass is 79.9. The average Bonchev–Trinajstić information content (AvgIpc) is 2.84. The standard InChI is InChI=1S/C15H14Br2N2O/c16-11-6-13(17)14(19-7-11)9-18-8-12-5-10-3-1-2-4-15(10)20-12/h1-4,6-7,12,18H,5,8-9H2. The minimum atomic E-state index is 0.210. The molecule has 20 heavy (non-hydrogen) atoms. The van der Waals surface area contributed by atoms with E-state index in [-0.39, 0.29) is 6.10 Å². The molecule has 3 rings (SSSR count). The molecule has 0 bridgehead atoms. The third-order valence-corrected chi connectivity index (χ3v) is 4.38. The van der Waals surface area contributed by atoms with Crippen LogP contribution in [0, 0.1) is 0 Å². The number of ether oxygens (including phenoxy) is 1. The van der Waals surface area contributed by atoms with E-state index >= 15 is 0 Å². The number of rotatable bonds is 4. The molecule has 2 aromatic rings. The van der Waals surface area contributed by atoms with E-state index < -0.39 is 0 Å². The molecule has 0 saturated heterocycles. The quantitative estimate of drug-likeness (QED) is 0.853. The van der Waals surface area contributed by atoms with E-state index in [1.54, 1.807) is 0 Å². The van der Waals surface area contributed by atoms with Gasteiger partial charge in [-0.05, 0) is 49.6 Å². The number of nitrogens with one attached hydrogen (secondary N) is 1. The van der Waals surface area contributed by atoms with Crippen LogP contribution in [-0.2, 0) is 13.0 Å². The summed E-state index contributed by atoms with van der Waals surface area (Å²) in [5.41, 5.74) is 2.30.